The third kappa shape index (κ3) is 3.23. The van der Waals surface area contributed by atoms with Gasteiger partial charge in [0.15, 0.2) is 0 Å². The van der Waals surface area contributed by atoms with Gasteiger partial charge in [0.05, 0.1) is 0 Å². The average molecular weight is 137 g/mol. The molecule has 0 aromatic rings. The van der Waals surface area contributed by atoms with E-state index in [0.717, 1.165) is 11.3 Å². The normalized spacial score (nSPS) is 11.8. The van der Waals surface area contributed by atoms with Crippen molar-refractivity contribution in [1.29, 1.82) is 0 Å². The van der Waals surface area contributed by atoms with Crippen LogP contribution in [0.25, 0.3) is 0 Å². The number of rotatable bonds is 3. The Labute approximate surface area is 63.2 Å². The van der Waals surface area contributed by atoms with Gasteiger partial charge in [-0.2, -0.15) is 0 Å². The van der Waals surface area contributed by atoms with Gasteiger partial charge in [-0.1, -0.05) is 26.0 Å². The molecule has 0 rings (SSSR count). The van der Waals surface area contributed by atoms with Gasteiger partial charge in [-0.05, 0) is 25.6 Å². The van der Waals surface area contributed by atoms with Crippen LogP contribution in [-0.4, -0.2) is 6.72 Å². The summed E-state index contributed by atoms with van der Waals surface area (Å²) in [5, 5.41) is 0. The van der Waals surface area contributed by atoms with Crippen molar-refractivity contribution < 1.29 is 0 Å². The zero-order chi connectivity index (χ0) is 8.15. The fraction of sp³-hybridized carbons (Fsp3) is 0.444. The van der Waals surface area contributed by atoms with Gasteiger partial charge < -0.3 is 0 Å². The number of hydrogen-bond acceptors (Lipinski definition) is 1. The highest BCUT2D eigenvalue weighted by Crippen LogP contribution is 2.11. The van der Waals surface area contributed by atoms with Gasteiger partial charge in [-0.25, -0.2) is 0 Å². The van der Waals surface area contributed by atoms with Crippen LogP contribution in [-0.2, 0) is 0 Å². The molecule has 0 atom stereocenters. The van der Waals surface area contributed by atoms with Crippen molar-refractivity contribution >= 4 is 6.72 Å². The van der Waals surface area contributed by atoms with E-state index in [4.69, 9.17) is 0 Å². The summed E-state index contributed by atoms with van der Waals surface area (Å²) in [6, 6.07) is 0. The molecule has 0 aliphatic heterocycles. The summed E-state index contributed by atoms with van der Waals surface area (Å²) < 4.78 is 0. The Hall–Kier alpha value is -0.850. The van der Waals surface area contributed by atoms with Gasteiger partial charge in [0.25, 0.3) is 0 Å². The summed E-state index contributed by atoms with van der Waals surface area (Å²) in [4.78, 5) is 3.88. The molecule has 0 unspecified atom stereocenters. The third-order valence-electron chi connectivity index (χ3n) is 1.17. The summed E-state index contributed by atoms with van der Waals surface area (Å²) in [7, 11) is 0. The Balaban J connectivity index is 4.33. The van der Waals surface area contributed by atoms with Crippen molar-refractivity contribution in [1.82, 2.24) is 0 Å². The van der Waals surface area contributed by atoms with E-state index in [1.54, 1.807) is 0 Å². The smallest absolute Gasteiger partial charge is 0.0424 e. The first-order valence-electron chi connectivity index (χ1n) is 3.41. The van der Waals surface area contributed by atoms with E-state index < -0.39 is 0 Å². The summed E-state index contributed by atoms with van der Waals surface area (Å²) in [5.41, 5.74) is 2.03. The first kappa shape index (κ1) is 9.15. The maximum Gasteiger partial charge on any atom is 0.0424 e. The molecule has 0 saturated carbocycles. The molecule has 0 aromatic heterocycles. The molecule has 0 heterocycles. The molecule has 1 heteroatoms. The van der Waals surface area contributed by atoms with Crippen LogP contribution in [0, 0.1) is 5.92 Å². The van der Waals surface area contributed by atoms with Crippen LogP contribution in [0.3, 0.4) is 0 Å². The van der Waals surface area contributed by atoms with Gasteiger partial charge in [-0.15, -0.1) is 0 Å². The molecular formula is C9H15N. The molecule has 56 valence electrons. The molecule has 0 aliphatic rings. The Bertz CT molecular complexity index is 164. The molecule has 0 amide bonds. The van der Waals surface area contributed by atoms with Crippen molar-refractivity contribution in [3.8, 4) is 0 Å². The number of hydrogen-bond donors (Lipinski definition) is 0. The van der Waals surface area contributed by atoms with Crippen molar-refractivity contribution in [2.75, 3.05) is 0 Å². The van der Waals surface area contributed by atoms with Crippen molar-refractivity contribution in [2.45, 2.75) is 20.8 Å². The Morgan fingerprint density at radius 3 is 2.10 bits per heavy atom. The van der Waals surface area contributed by atoms with Crippen LogP contribution in [0.2, 0.25) is 0 Å². The fourth-order valence-electron chi connectivity index (χ4n) is 0.647. The lowest BCUT2D eigenvalue weighted by Gasteiger charge is -2.03. The van der Waals surface area contributed by atoms with Gasteiger partial charge in [-0.3, -0.25) is 4.99 Å². The van der Waals surface area contributed by atoms with Gasteiger partial charge in [0.1, 0.15) is 0 Å². The Morgan fingerprint density at radius 1 is 1.50 bits per heavy atom. The van der Waals surface area contributed by atoms with E-state index in [2.05, 4.69) is 32.1 Å². The van der Waals surface area contributed by atoms with Crippen LogP contribution in [0.15, 0.2) is 28.9 Å². The Morgan fingerprint density at radius 2 is 2.00 bits per heavy atom. The van der Waals surface area contributed by atoms with Crippen molar-refractivity contribution in [3.63, 3.8) is 0 Å². The molecule has 0 saturated heterocycles. The lowest BCUT2D eigenvalue weighted by Crippen LogP contribution is -1.89. The minimum atomic E-state index is 0.439. The minimum Gasteiger partial charge on any atom is -0.269 e. The molecule has 0 radical (unpaired) electrons. The molecule has 0 spiro atoms. The van der Waals surface area contributed by atoms with Crippen LogP contribution < -0.4 is 0 Å². The summed E-state index contributed by atoms with van der Waals surface area (Å²) in [6.45, 7) is 13.4. The Kier molecular flexibility index (Phi) is 3.70. The fourth-order valence-corrected chi connectivity index (χ4v) is 0.647. The summed E-state index contributed by atoms with van der Waals surface area (Å²) in [6.07, 6.45) is 1.96. The molecule has 10 heavy (non-hydrogen) atoms. The van der Waals surface area contributed by atoms with Crippen molar-refractivity contribution in [3.05, 3.63) is 23.9 Å². The maximum atomic E-state index is 3.88. The second-order valence-corrected chi connectivity index (χ2v) is 2.73. The highest BCUT2D eigenvalue weighted by atomic mass is 14.7. The SMILES string of the molecule is C=N/C(=C\C(=C)C)C(C)C. The van der Waals surface area contributed by atoms with Crippen LogP contribution in [0.1, 0.15) is 20.8 Å². The second kappa shape index (κ2) is 4.04. The van der Waals surface area contributed by atoms with E-state index in [0.29, 0.717) is 5.92 Å². The quantitative estimate of drug-likeness (QED) is 0.419. The van der Waals surface area contributed by atoms with E-state index >= 15 is 0 Å². The summed E-state index contributed by atoms with van der Waals surface area (Å²) >= 11 is 0. The first-order chi connectivity index (χ1) is 4.57. The highest BCUT2D eigenvalue weighted by molar-refractivity contribution is 5.32. The molecule has 0 aliphatic carbocycles. The molecular weight excluding hydrogens is 122 g/mol. The third-order valence-corrected chi connectivity index (χ3v) is 1.17. The topological polar surface area (TPSA) is 12.4 Å². The minimum absolute atomic E-state index is 0.439. The lowest BCUT2D eigenvalue weighted by molar-refractivity contribution is 0.759. The second-order valence-electron chi connectivity index (χ2n) is 2.73. The van der Waals surface area contributed by atoms with Crippen LogP contribution in [0.4, 0.5) is 0 Å². The molecule has 0 N–H and O–H groups in total. The first-order valence-corrected chi connectivity index (χ1v) is 3.41. The molecule has 0 aromatic carbocycles. The van der Waals surface area contributed by atoms with E-state index in [-0.39, 0.29) is 0 Å². The van der Waals surface area contributed by atoms with Gasteiger partial charge in [0, 0.05) is 5.70 Å². The lowest BCUT2D eigenvalue weighted by atomic mass is 10.1. The zero-order valence-corrected chi connectivity index (χ0v) is 7.02. The molecule has 0 fully saturated rings. The van der Waals surface area contributed by atoms with Gasteiger partial charge >= 0.3 is 0 Å². The van der Waals surface area contributed by atoms with E-state index in [1.807, 2.05) is 13.0 Å². The molecule has 0 bridgehead atoms. The van der Waals surface area contributed by atoms with Crippen LogP contribution >= 0.6 is 0 Å². The predicted molar refractivity (Wildman–Crippen MR) is 47.3 cm³/mol. The van der Waals surface area contributed by atoms with Crippen LogP contribution in [0.5, 0.6) is 0 Å². The monoisotopic (exact) mass is 137 g/mol. The zero-order valence-electron chi connectivity index (χ0n) is 7.02. The summed E-state index contributed by atoms with van der Waals surface area (Å²) in [5.74, 6) is 0.439. The average Bonchev–Trinajstić information content (AvgIpc) is 1.81. The molecule has 1 nitrogen and oxygen atoms in total. The number of aliphatic imine (C=N–C) groups is 1. The van der Waals surface area contributed by atoms with Gasteiger partial charge in [0.2, 0.25) is 0 Å². The number of nitrogens with zero attached hydrogens (tertiary/aromatic N) is 1. The van der Waals surface area contributed by atoms with E-state index in [1.165, 1.54) is 0 Å². The van der Waals surface area contributed by atoms with Crippen molar-refractivity contribution in [2.24, 2.45) is 10.9 Å². The maximum absolute atomic E-state index is 3.88. The van der Waals surface area contributed by atoms with E-state index in [9.17, 15) is 0 Å². The largest absolute Gasteiger partial charge is 0.269 e. The number of allylic oxidation sites excluding steroid dienone is 3. The highest BCUT2D eigenvalue weighted by Gasteiger charge is 1.97. The standard InChI is InChI=1S/C9H15N/c1-7(2)6-9(10-5)8(3)4/h6,8H,1,5H2,2-4H3/b9-6-. The predicted octanol–water partition coefficient (Wildman–Crippen LogP) is 2.80.